The van der Waals surface area contributed by atoms with E-state index in [0.717, 1.165) is 25.9 Å². The number of hydrogen-bond acceptors (Lipinski definition) is 3. The molecule has 1 aliphatic rings. The van der Waals surface area contributed by atoms with Crippen molar-refractivity contribution in [1.29, 1.82) is 0 Å². The fourth-order valence-corrected chi connectivity index (χ4v) is 2.86. The summed E-state index contributed by atoms with van der Waals surface area (Å²) >= 11 is 0. The van der Waals surface area contributed by atoms with Gasteiger partial charge in [0.05, 0.1) is 6.54 Å². The molecule has 3 N–H and O–H groups in total. The summed E-state index contributed by atoms with van der Waals surface area (Å²) in [6.45, 7) is 3.22. The molecule has 0 bridgehead atoms. The second-order valence-corrected chi connectivity index (χ2v) is 5.69. The van der Waals surface area contributed by atoms with Gasteiger partial charge in [0.15, 0.2) is 0 Å². The van der Waals surface area contributed by atoms with Crippen molar-refractivity contribution < 1.29 is 9.18 Å². The highest BCUT2D eigenvalue weighted by Gasteiger charge is 2.20. The molecule has 1 aliphatic heterocycles. The molecular weight excluding hydrogens is 305 g/mol. The van der Waals surface area contributed by atoms with Crippen molar-refractivity contribution in [2.45, 2.75) is 25.8 Å². The Hall–Kier alpha value is -1.17. The number of benzene rings is 1. The molecule has 0 saturated carbocycles. The standard InChI is InChI=1S/C16H24FN3O.ClH/c17-15-6-2-1-5-14(15)10-19-16(21)12-20-9-3-4-13(11-20)7-8-18;/h1-2,5-6,13H,3-4,7-12,18H2,(H,19,21);1H. The second kappa shape index (κ2) is 9.77. The van der Waals surface area contributed by atoms with Crippen molar-refractivity contribution in [1.82, 2.24) is 10.2 Å². The third-order valence-corrected chi connectivity index (χ3v) is 3.98. The minimum Gasteiger partial charge on any atom is -0.351 e. The SMILES string of the molecule is Cl.NCCC1CCCN(CC(=O)NCc2ccccc2F)C1. The predicted octanol–water partition coefficient (Wildman–Crippen LogP) is 1.92. The number of carbonyl (C=O) groups is 1. The molecule has 0 aliphatic carbocycles. The highest BCUT2D eigenvalue weighted by Crippen LogP contribution is 2.18. The van der Waals surface area contributed by atoms with Crippen LogP contribution in [0.5, 0.6) is 0 Å². The number of nitrogens with two attached hydrogens (primary N) is 1. The van der Waals surface area contributed by atoms with Crippen molar-refractivity contribution in [3.8, 4) is 0 Å². The van der Waals surface area contributed by atoms with Crippen LogP contribution in [-0.4, -0.2) is 37.0 Å². The smallest absolute Gasteiger partial charge is 0.234 e. The predicted molar refractivity (Wildman–Crippen MR) is 88.3 cm³/mol. The van der Waals surface area contributed by atoms with Crippen LogP contribution in [0.15, 0.2) is 24.3 Å². The first-order valence-electron chi connectivity index (χ1n) is 7.61. The van der Waals surface area contributed by atoms with Gasteiger partial charge >= 0.3 is 0 Å². The summed E-state index contributed by atoms with van der Waals surface area (Å²) in [5.74, 6) is 0.272. The quantitative estimate of drug-likeness (QED) is 0.838. The van der Waals surface area contributed by atoms with E-state index in [2.05, 4.69) is 10.2 Å². The average molecular weight is 330 g/mol. The summed E-state index contributed by atoms with van der Waals surface area (Å²) in [4.78, 5) is 14.1. The minimum absolute atomic E-state index is 0. The number of piperidine rings is 1. The van der Waals surface area contributed by atoms with Gasteiger partial charge in [0.1, 0.15) is 5.82 Å². The van der Waals surface area contributed by atoms with Gasteiger partial charge in [-0.15, -0.1) is 12.4 Å². The highest BCUT2D eigenvalue weighted by molar-refractivity contribution is 5.85. The number of rotatable bonds is 6. The zero-order valence-corrected chi connectivity index (χ0v) is 13.6. The second-order valence-electron chi connectivity index (χ2n) is 5.69. The molecular formula is C16H25ClFN3O. The normalized spacial score (nSPS) is 18.5. The summed E-state index contributed by atoms with van der Waals surface area (Å²) in [6, 6.07) is 6.51. The summed E-state index contributed by atoms with van der Waals surface area (Å²) in [6.07, 6.45) is 3.34. The molecule has 1 unspecified atom stereocenters. The summed E-state index contributed by atoms with van der Waals surface area (Å²) in [5.41, 5.74) is 6.12. The van der Waals surface area contributed by atoms with E-state index < -0.39 is 0 Å². The van der Waals surface area contributed by atoms with Gasteiger partial charge in [-0.3, -0.25) is 9.69 Å². The lowest BCUT2D eigenvalue weighted by Crippen LogP contribution is -2.42. The Kier molecular flexibility index (Phi) is 8.38. The lowest BCUT2D eigenvalue weighted by atomic mass is 9.95. The fraction of sp³-hybridized carbons (Fsp3) is 0.562. The third-order valence-electron chi connectivity index (χ3n) is 3.98. The number of likely N-dealkylation sites (tertiary alicyclic amines) is 1. The van der Waals surface area contributed by atoms with Gasteiger partial charge in [0.25, 0.3) is 0 Å². The number of carbonyl (C=O) groups excluding carboxylic acids is 1. The maximum absolute atomic E-state index is 13.5. The van der Waals surface area contributed by atoms with E-state index >= 15 is 0 Å². The van der Waals surface area contributed by atoms with Gasteiger partial charge < -0.3 is 11.1 Å². The molecule has 6 heteroatoms. The molecule has 0 aromatic heterocycles. The zero-order chi connectivity index (χ0) is 15.1. The van der Waals surface area contributed by atoms with Gasteiger partial charge in [-0.25, -0.2) is 4.39 Å². The van der Waals surface area contributed by atoms with E-state index in [0.29, 0.717) is 24.6 Å². The highest BCUT2D eigenvalue weighted by atomic mass is 35.5. The Morgan fingerprint density at radius 1 is 1.41 bits per heavy atom. The maximum Gasteiger partial charge on any atom is 0.234 e. The van der Waals surface area contributed by atoms with Crippen LogP contribution < -0.4 is 11.1 Å². The first kappa shape index (κ1) is 18.9. The van der Waals surface area contributed by atoms with Crippen LogP contribution in [0.25, 0.3) is 0 Å². The lowest BCUT2D eigenvalue weighted by molar-refractivity contribution is -0.122. The van der Waals surface area contributed by atoms with Crippen molar-refractivity contribution in [3.05, 3.63) is 35.6 Å². The largest absolute Gasteiger partial charge is 0.351 e. The van der Waals surface area contributed by atoms with Gasteiger partial charge in [-0.05, 0) is 44.3 Å². The molecule has 1 amide bonds. The molecule has 124 valence electrons. The van der Waals surface area contributed by atoms with Crippen molar-refractivity contribution in [3.63, 3.8) is 0 Å². The first-order chi connectivity index (χ1) is 10.2. The van der Waals surface area contributed by atoms with Gasteiger partial charge in [0.2, 0.25) is 5.91 Å². The number of hydrogen-bond donors (Lipinski definition) is 2. The van der Waals surface area contributed by atoms with E-state index in [1.807, 2.05) is 0 Å². The Bertz CT molecular complexity index is 470. The van der Waals surface area contributed by atoms with Crippen LogP contribution >= 0.6 is 12.4 Å². The van der Waals surface area contributed by atoms with Gasteiger partial charge in [-0.1, -0.05) is 18.2 Å². The minimum atomic E-state index is -0.279. The van der Waals surface area contributed by atoms with Crippen LogP contribution in [0, 0.1) is 11.7 Å². The number of halogens is 2. The first-order valence-corrected chi connectivity index (χ1v) is 7.61. The Morgan fingerprint density at radius 2 is 2.18 bits per heavy atom. The summed E-state index contributed by atoms with van der Waals surface area (Å²) in [7, 11) is 0. The monoisotopic (exact) mass is 329 g/mol. The topological polar surface area (TPSA) is 58.4 Å². The van der Waals surface area contributed by atoms with E-state index in [-0.39, 0.29) is 30.7 Å². The van der Waals surface area contributed by atoms with Crippen LogP contribution in [-0.2, 0) is 11.3 Å². The number of amides is 1. The molecule has 22 heavy (non-hydrogen) atoms. The van der Waals surface area contributed by atoms with E-state index in [4.69, 9.17) is 5.73 Å². The van der Waals surface area contributed by atoms with E-state index in [9.17, 15) is 9.18 Å². The summed E-state index contributed by atoms with van der Waals surface area (Å²) < 4.78 is 13.5. The Balaban J connectivity index is 0.00000242. The molecule has 1 heterocycles. The zero-order valence-electron chi connectivity index (χ0n) is 12.8. The van der Waals surface area contributed by atoms with Crippen molar-refractivity contribution >= 4 is 18.3 Å². The van der Waals surface area contributed by atoms with Gasteiger partial charge in [0, 0.05) is 18.7 Å². The molecule has 1 aromatic carbocycles. The van der Waals surface area contributed by atoms with Crippen LogP contribution in [0.2, 0.25) is 0 Å². The average Bonchev–Trinajstić information content (AvgIpc) is 2.47. The van der Waals surface area contributed by atoms with Gasteiger partial charge in [-0.2, -0.15) is 0 Å². The molecule has 2 rings (SSSR count). The van der Waals surface area contributed by atoms with E-state index in [1.54, 1.807) is 18.2 Å². The van der Waals surface area contributed by atoms with Crippen LogP contribution in [0.3, 0.4) is 0 Å². The molecule has 4 nitrogen and oxygen atoms in total. The Morgan fingerprint density at radius 3 is 2.91 bits per heavy atom. The fourth-order valence-electron chi connectivity index (χ4n) is 2.86. The van der Waals surface area contributed by atoms with Crippen LogP contribution in [0.4, 0.5) is 4.39 Å². The van der Waals surface area contributed by atoms with Crippen LogP contribution in [0.1, 0.15) is 24.8 Å². The Labute approximate surface area is 137 Å². The third kappa shape index (κ3) is 5.91. The molecule has 0 radical (unpaired) electrons. The molecule has 0 spiro atoms. The van der Waals surface area contributed by atoms with Crippen molar-refractivity contribution in [2.75, 3.05) is 26.2 Å². The molecule has 1 atom stereocenters. The van der Waals surface area contributed by atoms with Crippen molar-refractivity contribution in [2.24, 2.45) is 11.7 Å². The molecule has 1 aromatic rings. The number of nitrogens with zero attached hydrogens (tertiary/aromatic N) is 1. The summed E-state index contributed by atoms with van der Waals surface area (Å²) in [5, 5.41) is 2.79. The lowest BCUT2D eigenvalue weighted by Gasteiger charge is -2.32. The van der Waals surface area contributed by atoms with E-state index in [1.165, 1.54) is 12.5 Å². The maximum atomic E-state index is 13.5. The number of nitrogens with one attached hydrogen (secondary N) is 1. The molecule has 1 fully saturated rings. The molecule has 1 saturated heterocycles.